The van der Waals surface area contributed by atoms with Crippen molar-refractivity contribution in [2.45, 2.75) is 32.1 Å². The van der Waals surface area contributed by atoms with Crippen LogP contribution in [0.1, 0.15) is 13.8 Å². The first kappa shape index (κ1) is 15.7. The second kappa shape index (κ2) is 6.70. The average Bonchev–Trinajstić information content (AvgIpc) is 2.12. The van der Waals surface area contributed by atoms with Gasteiger partial charge in [0.25, 0.3) is 0 Å². The summed E-state index contributed by atoms with van der Waals surface area (Å²) < 4.78 is 5.63. The van der Waals surface area contributed by atoms with E-state index in [4.69, 9.17) is 4.74 Å². The van der Waals surface area contributed by atoms with Gasteiger partial charge in [0, 0.05) is 32.2 Å². The molecule has 2 saturated heterocycles. The van der Waals surface area contributed by atoms with E-state index in [0.29, 0.717) is 12.6 Å². The highest BCUT2D eigenvalue weighted by Gasteiger charge is 2.28. The summed E-state index contributed by atoms with van der Waals surface area (Å²) in [5, 5.41) is 3.22. The van der Waals surface area contributed by atoms with Crippen molar-refractivity contribution in [2.24, 2.45) is 0 Å². The standard InChI is InChI=1S/C12H23N3O2.ClH/c1-9-6-15(7-10(2)17-9)12(16)8-14(3)11-4-13-5-11;/h9-11,13H,4-8H2,1-3H3;1H. The summed E-state index contributed by atoms with van der Waals surface area (Å²) in [7, 11) is 2.02. The number of nitrogens with zero attached hydrogens (tertiary/aromatic N) is 2. The molecule has 2 rings (SSSR count). The summed E-state index contributed by atoms with van der Waals surface area (Å²) in [6.45, 7) is 8.01. The van der Waals surface area contributed by atoms with Crippen LogP contribution in [-0.2, 0) is 9.53 Å². The molecule has 1 amide bonds. The molecule has 2 aliphatic heterocycles. The van der Waals surface area contributed by atoms with Crippen molar-refractivity contribution in [3.63, 3.8) is 0 Å². The normalized spacial score (nSPS) is 28.8. The Labute approximate surface area is 115 Å². The monoisotopic (exact) mass is 277 g/mol. The molecule has 0 spiro atoms. The molecular formula is C12H24ClN3O2. The SMILES string of the molecule is CC1CN(C(=O)CN(C)C2CNC2)CC(C)O1.Cl. The van der Waals surface area contributed by atoms with Gasteiger partial charge in [0.2, 0.25) is 5.91 Å². The van der Waals surface area contributed by atoms with Gasteiger partial charge >= 0.3 is 0 Å². The maximum atomic E-state index is 12.2. The summed E-state index contributed by atoms with van der Waals surface area (Å²) >= 11 is 0. The van der Waals surface area contributed by atoms with Gasteiger partial charge in [-0.15, -0.1) is 12.4 Å². The molecule has 2 aliphatic rings. The molecule has 2 fully saturated rings. The van der Waals surface area contributed by atoms with Crippen molar-refractivity contribution in [3.05, 3.63) is 0 Å². The lowest BCUT2D eigenvalue weighted by Crippen LogP contribution is -2.58. The Hall–Kier alpha value is -0.360. The van der Waals surface area contributed by atoms with Gasteiger partial charge in [0.15, 0.2) is 0 Å². The molecule has 2 unspecified atom stereocenters. The largest absolute Gasteiger partial charge is 0.372 e. The van der Waals surface area contributed by atoms with Gasteiger partial charge in [0.1, 0.15) is 0 Å². The topological polar surface area (TPSA) is 44.8 Å². The Morgan fingerprint density at radius 1 is 1.33 bits per heavy atom. The number of ether oxygens (including phenoxy) is 1. The Morgan fingerprint density at radius 2 is 1.89 bits per heavy atom. The van der Waals surface area contributed by atoms with Crippen LogP contribution in [0.3, 0.4) is 0 Å². The summed E-state index contributed by atoms with van der Waals surface area (Å²) in [6.07, 6.45) is 0.303. The van der Waals surface area contributed by atoms with Crippen LogP contribution in [0.15, 0.2) is 0 Å². The van der Waals surface area contributed by atoms with E-state index in [1.165, 1.54) is 0 Å². The van der Waals surface area contributed by atoms with Crippen molar-refractivity contribution in [3.8, 4) is 0 Å². The van der Waals surface area contributed by atoms with E-state index >= 15 is 0 Å². The number of hydrogen-bond donors (Lipinski definition) is 1. The van der Waals surface area contributed by atoms with Crippen LogP contribution in [0.5, 0.6) is 0 Å². The van der Waals surface area contributed by atoms with E-state index in [-0.39, 0.29) is 30.5 Å². The van der Waals surface area contributed by atoms with Gasteiger partial charge in [-0.3, -0.25) is 9.69 Å². The molecule has 6 heteroatoms. The molecule has 5 nitrogen and oxygen atoms in total. The van der Waals surface area contributed by atoms with Crippen LogP contribution in [0.4, 0.5) is 0 Å². The minimum absolute atomic E-state index is 0. The molecule has 2 heterocycles. The van der Waals surface area contributed by atoms with E-state index in [2.05, 4.69) is 10.2 Å². The van der Waals surface area contributed by atoms with Crippen molar-refractivity contribution in [1.29, 1.82) is 0 Å². The third kappa shape index (κ3) is 3.82. The second-order valence-electron chi connectivity index (χ2n) is 5.28. The number of halogens is 1. The lowest BCUT2D eigenvalue weighted by atomic mass is 10.1. The maximum Gasteiger partial charge on any atom is 0.236 e. The Morgan fingerprint density at radius 3 is 2.33 bits per heavy atom. The Kier molecular flexibility index (Phi) is 5.85. The fourth-order valence-corrected chi connectivity index (χ4v) is 2.41. The van der Waals surface area contributed by atoms with Gasteiger partial charge in [-0.2, -0.15) is 0 Å². The Balaban J connectivity index is 0.00000162. The first-order valence-electron chi connectivity index (χ1n) is 6.40. The number of hydrogen-bond acceptors (Lipinski definition) is 4. The number of morpholine rings is 1. The number of carbonyl (C=O) groups is 1. The lowest BCUT2D eigenvalue weighted by Gasteiger charge is -2.39. The summed E-state index contributed by atoms with van der Waals surface area (Å²) in [6, 6.07) is 0.523. The summed E-state index contributed by atoms with van der Waals surface area (Å²) in [4.78, 5) is 16.2. The van der Waals surface area contributed by atoms with Crippen molar-refractivity contribution >= 4 is 18.3 Å². The molecule has 0 aromatic heterocycles. The number of rotatable bonds is 3. The van der Waals surface area contributed by atoms with E-state index in [0.717, 1.165) is 26.2 Å². The smallest absolute Gasteiger partial charge is 0.236 e. The molecule has 0 radical (unpaired) electrons. The molecule has 106 valence electrons. The van der Waals surface area contributed by atoms with Crippen molar-refractivity contribution in [1.82, 2.24) is 15.1 Å². The third-order valence-electron chi connectivity index (χ3n) is 3.54. The second-order valence-corrected chi connectivity index (χ2v) is 5.28. The lowest BCUT2D eigenvalue weighted by molar-refractivity contribution is -0.144. The van der Waals surface area contributed by atoms with Gasteiger partial charge in [-0.25, -0.2) is 0 Å². The molecule has 0 aromatic rings. The molecule has 18 heavy (non-hydrogen) atoms. The number of likely N-dealkylation sites (N-methyl/N-ethyl adjacent to an activating group) is 1. The molecular weight excluding hydrogens is 254 g/mol. The highest BCUT2D eigenvalue weighted by atomic mass is 35.5. The number of nitrogens with one attached hydrogen (secondary N) is 1. The maximum absolute atomic E-state index is 12.2. The van der Waals surface area contributed by atoms with E-state index in [1.54, 1.807) is 0 Å². The van der Waals surface area contributed by atoms with Gasteiger partial charge < -0.3 is 15.0 Å². The van der Waals surface area contributed by atoms with Crippen molar-refractivity contribution in [2.75, 3.05) is 39.8 Å². The van der Waals surface area contributed by atoms with Crippen LogP contribution in [-0.4, -0.2) is 73.7 Å². The van der Waals surface area contributed by atoms with E-state index in [1.807, 2.05) is 25.8 Å². The number of amides is 1. The average molecular weight is 278 g/mol. The molecule has 1 N–H and O–H groups in total. The fraction of sp³-hybridized carbons (Fsp3) is 0.917. The van der Waals surface area contributed by atoms with Crippen molar-refractivity contribution < 1.29 is 9.53 Å². The van der Waals surface area contributed by atoms with Crippen LogP contribution >= 0.6 is 12.4 Å². The summed E-state index contributed by atoms with van der Waals surface area (Å²) in [5.41, 5.74) is 0. The minimum Gasteiger partial charge on any atom is -0.372 e. The predicted octanol–water partition coefficient (Wildman–Crippen LogP) is -0.0524. The zero-order valence-electron chi connectivity index (χ0n) is 11.4. The molecule has 0 bridgehead atoms. The first-order chi connectivity index (χ1) is 8.06. The summed E-state index contributed by atoms with van der Waals surface area (Å²) in [5.74, 6) is 0.224. The number of carbonyl (C=O) groups excluding carboxylic acids is 1. The van der Waals surface area contributed by atoms with Gasteiger partial charge in [0.05, 0.1) is 18.8 Å². The highest BCUT2D eigenvalue weighted by molar-refractivity contribution is 5.85. The zero-order chi connectivity index (χ0) is 12.4. The predicted molar refractivity (Wildman–Crippen MR) is 73.1 cm³/mol. The highest BCUT2D eigenvalue weighted by Crippen LogP contribution is 2.11. The van der Waals surface area contributed by atoms with Crippen LogP contribution < -0.4 is 5.32 Å². The Bertz CT molecular complexity index is 276. The van der Waals surface area contributed by atoms with Gasteiger partial charge in [-0.1, -0.05) is 0 Å². The molecule has 0 aromatic carbocycles. The molecule has 2 atom stereocenters. The third-order valence-corrected chi connectivity index (χ3v) is 3.54. The van der Waals surface area contributed by atoms with Gasteiger partial charge in [-0.05, 0) is 20.9 Å². The van der Waals surface area contributed by atoms with Crippen LogP contribution in [0.25, 0.3) is 0 Å². The zero-order valence-corrected chi connectivity index (χ0v) is 12.2. The molecule has 0 aliphatic carbocycles. The van der Waals surface area contributed by atoms with E-state index in [9.17, 15) is 4.79 Å². The van der Waals surface area contributed by atoms with E-state index < -0.39 is 0 Å². The fourth-order valence-electron chi connectivity index (χ4n) is 2.41. The first-order valence-corrected chi connectivity index (χ1v) is 6.40. The molecule has 0 saturated carbocycles. The van der Waals surface area contributed by atoms with Crippen LogP contribution in [0.2, 0.25) is 0 Å². The minimum atomic E-state index is 0. The quantitative estimate of drug-likeness (QED) is 0.786. The van der Waals surface area contributed by atoms with Crippen LogP contribution in [0, 0.1) is 0 Å².